The summed E-state index contributed by atoms with van der Waals surface area (Å²) in [7, 11) is 1.76. The quantitative estimate of drug-likeness (QED) is 0.817. The Labute approximate surface area is 98.5 Å². The van der Waals surface area contributed by atoms with E-state index in [4.69, 9.17) is 9.68 Å². The molecule has 0 aliphatic rings. The number of nitrogens with one attached hydrogen (secondary N) is 1. The molecule has 0 aliphatic heterocycles. The Balaban J connectivity index is 2.46. The van der Waals surface area contributed by atoms with Crippen LogP contribution in [0.15, 0.2) is 34.7 Å². The second kappa shape index (κ2) is 4.54. The van der Waals surface area contributed by atoms with Crippen LogP contribution in [0.3, 0.4) is 0 Å². The van der Waals surface area contributed by atoms with E-state index >= 15 is 0 Å². The maximum absolute atomic E-state index is 10.5. The lowest BCUT2D eigenvalue weighted by Gasteiger charge is -2.04. The van der Waals surface area contributed by atoms with Gasteiger partial charge in [0.05, 0.1) is 11.3 Å². The highest BCUT2D eigenvalue weighted by Crippen LogP contribution is 2.26. The Morgan fingerprint density at radius 3 is 2.76 bits per heavy atom. The van der Waals surface area contributed by atoms with Crippen molar-refractivity contribution in [1.82, 2.24) is 0 Å². The van der Waals surface area contributed by atoms with Gasteiger partial charge in [-0.25, -0.2) is 0 Å². The van der Waals surface area contributed by atoms with Gasteiger partial charge in [0.2, 0.25) is 0 Å². The summed E-state index contributed by atoms with van der Waals surface area (Å²) in [4.78, 5) is 10.5. The summed E-state index contributed by atoms with van der Waals surface area (Å²) >= 11 is 0. The van der Waals surface area contributed by atoms with Crippen LogP contribution in [0.25, 0.3) is 11.3 Å². The Hall–Kier alpha value is -2.54. The van der Waals surface area contributed by atoms with Crippen LogP contribution in [-0.4, -0.2) is 13.3 Å². The van der Waals surface area contributed by atoms with E-state index in [2.05, 4.69) is 11.4 Å². The second-order valence-corrected chi connectivity index (χ2v) is 3.44. The largest absolute Gasteiger partial charge is 0.453 e. The number of hydrogen-bond donors (Lipinski definition) is 1. The molecule has 0 saturated heterocycles. The third-order valence-electron chi connectivity index (χ3n) is 2.44. The lowest BCUT2D eigenvalue weighted by atomic mass is 10.1. The van der Waals surface area contributed by atoms with E-state index in [0.29, 0.717) is 17.6 Å². The molecule has 2 rings (SSSR count). The number of nitriles is 1. The molecule has 0 aliphatic carbocycles. The summed E-state index contributed by atoms with van der Waals surface area (Å²) in [6.45, 7) is 0. The van der Waals surface area contributed by atoms with Crippen LogP contribution in [0.1, 0.15) is 16.1 Å². The molecule has 0 amide bonds. The van der Waals surface area contributed by atoms with Gasteiger partial charge < -0.3 is 9.73 Å². The van der Waals surface area contributed by atoms with Crippen molar-refractivity contribution < 1.29 is 9.21 Å². The second-order valence-electron chi connectivity index (χ2n) is 3.44. The van der Waals surface area contributed by atoms with Crippen molar-refractivity contribution in [2.24, 2.45) is 0 Å². The van der Waals surface area contributed by atoms with E-state index in [0.717, 1.165) is 11.3 Å². The molecule has 0 fully saturated rings. The molecule has 2 aromatic rings. The lowest BCUT2D eigenvalue weighted by Crippen LogP contribution is -1.92. The van der Waals surface area contributed by atoms with Gasteiger partial charge in [0.15, 0.2) is 12.0 Å². The maximum Gasteiger partial charge on any atom is 0.185 e. The molecule has 1 N–H and O–H groups in total. The number of anilines is 1. The van der Waals surface area contributed by atoms with Crippen molar-refractivity contribution in [3.05, 3.63) is 41.7 Å². The number of nitrogens with zero attached hydrogens (tertiary/aromatic N) is 1. The zero-order chi connectivity index (χ0) is 12.3. The minimum atomic E-state index is 0.274. The van der Waals surface area contributed by atoms with Crippen molar-refractivity contribution in [2.75, 3.05) is 12.4 Å². The molecule has 0 bridgehead atoms. The van der Waals surface area contributed by atoms with Gasteiger partial charge in [-0.05, 0) is 30.3 Å². The SMILES string of the molecule is CNc1ccc(-c2ccc(C=O)o2)cc1C#N. The van der Waals surface area contributed by atoms with Crippen molar-refractivity contribution in [2.45, 2.75) is 0 Å². The summed E-state index contributed by atoms with van der Waals surface area (Å²) in [6, 6.07) is 10.8. The van der Waals surface area contributed by atoms with E-state index < -0.39 is 0 Å². The molecular weight excluding hydrogens is 216 g/mol. The van der Waals surface area contributed by atoms with Crippen molar-refractivity contribution in [3.8, 4) is 17.4 Å². The van der Waals surface area contributed by atoms with Crippen LogP contribution in [0, 0.1) is 11.3 Å². The summed E-state index contributed by atoms with van der Waals surface area (Å²) in [5, 5.41) is 11.9. The first-order chi connectivity index (χ1) is 8.28. The number of hydrogen-bond acceptors (Lipinski definition) is 4. The van der Waals surface area contributed by atoms with Gasteiger partial charge in [-0.3, -0.25) is 4.79 Å². The molecule has 4 heteroatoms. The summed E-state index contributed by atoms with van der Waals surface area (Å²) < 4.78 is 5.29. The number of benzene rings is 1. The highest BCUT2D eigenvalue weighted by Gasteiger charge is 2.07. The monoisotopic (exact) mass is 226 g/mol. The topological polar surface area (TPSA) is 66.0 Å². The zero-order valence-corrected chi connectivity index (χ0v) is 9.23. The molecule has 1 aromatic heterocycles. The molecular formula is C13H10N2O2. The van der Waals surface area contributed by atoms with E-state index in [1.54, 1.807) is 31.3 Å². The molecule has 0 atom stereocenters. The van der Waals surface area contributed by atoms with Crippen molar-refractivity contribution >= 4 is 12.0 Å². The van der Waals surface area contributed by atoms with Crippen LogP contribution >= 0.6 is 0 Å². The number of rotatable bonds is 3. The van der Waals surface area contributed by atoms with Gasteiger partial charge in [0.25, 0.3) is 0 Å². The van der Waals surface area contributed by atoms with Gasteiger partial charge in [-0.2, -0.15) is 5.26 Å². The Morgan fingerprint density at radius 2 is 2.18 bits per heavy atom. The molecule has 17 heavy (non-hydrogen) atoms. The number of carbonyl (C=O) groups is 1. The van der Waals surface area contributed by atoms with Gasteiger partial charge in [-0.1, -0.05) is 0 Å². The van der Waals surface area contributed by atoms with Gasteiger partial charge >= 0.3 is 0 Å². The molecule has 0 radical (unpaired) electrons. The normalized spacial score (nSPS) is 9.65. The predicted molar refractivity (Wildman–Crippen MR) is 63.8 cm³/mol. The highest BCUT2D eigenvalue weighted by molar-refractivity contribution is 5.74. The molecule has 1 aromatic carbocycles. The van der Waals surface area contributed by atoms with Crippen molar-refractivity contribution in [3.63, 3.8) is 0 Å². The lowest BCUT2D eigenvalue weighted by molar-refractivity contribution is 0.110. The average Bonchev–Trinajstić information content (AvgIpc) is 2.86. The molecule has 0 spiro atoms. The third-order valence-corrected chi connectivity index (χ3v) is 2.44. The predicted octanol–water partition coefficient (Wildman–Crippen LogP) is 2.67. The smallest absolute Gasteiger partial charge is 0.185 e. The summed E-state index contributed by atoms with van der Waals surface area (Å²) in [6.07, 6.45) is 0.649. The average molecular weight is 226 g/mol. The molecule has 84 valence electrons. The Kier molecular flexibility index (Phi) is 2.93. The molecule has 1 heterocycles. The Bertz CT molecular complexity index is 594. The van der Waals surface area contributed by atoms with Crippen LogP contribution in [-0.2, 0) is 0 Å². The minimum absolute atomic E-state index is 0.274. The fourth-order valence-corrected chi connectivity index (χ4v) is 1.58. The number of furan rings is 1. The van der Waals surface area contributed by atoms with Gasteiger partial charge in [0.1, 0.15) is 11.8 Å². The van der Waals surface area contributed by atoms with Crippen molar-refractivity contribution in [1.29, 1.82) is 5.26 Å². The fourth-order valence-electron chi connectivity index (χ4n) is 1.58. The maximum atomic E-state index is 10.5. The van der Waals surface area contributed by atoms with Gasteiger partial charge in [0, 0.05) is 12.6 Å². The summed E-state index contributed by atoms with van der Waals surface area (Å²) in [5.74, 6) is 0.849. The van der Waals surface area contributed by atoms with E-state index in [9.17, 15) is 4.79 Å². The molecule has 0 unspecified atom stereocenters. The zero-order valence-electron chi connectivity index (χ0n) is 9.23. The number of carbonyl (C=O) groups excluding carboxylic acids is 1. The van der Waals surface area contributed by atoms with E-state index in [-0.39, 0.29) is 5.76 Å². The Morgan fingerprint density at radius 1 is 1.35 bits per heavy atom. The van der Waals surface area contributed by atoms with Crippen LogP contribution in [0.5, 0.6) is 0 Å². The first kappa shape index (κ1) is 11.0. The van der Waals surface area contributed by atoms with E-state index in [1.165, 1.54) is 0 Å². The first-order valence-electron chi connectivity index (χ1n) is 5.05. The number of aldehydes is 1. The van der Waals surface area contributed by atoms with Gasteiger partial charge in [-0.15, -0.1) is 0 Å². The molecule has 0 saturated carbocycles. The third kappa shape index (κ3) is 2.04. The fraction of sp³-hybridized carbons (Fsp3) is 0.0769. The highest BCUT2D eigenvalue weighted by atomic mass is 16.3. The van der Waals surface area contributed by atoms with Crippen LogP contribution in [0.4, 0.5) is 5.69 Å². The van der Waals surface area contributed by atoms with Crippen LogP contribution in [0.2, 0.25) is 0 Å². The van der Waals surface area contributed by atoms with E-state index in [1.807, 2.05) is 6.07 Å². The first-order valence-corrected chi connectivity index (χ1v) is 5.05. The minimum Gasteiger partial charge on any atom is -0.453 e. The standard InChI is InChI=1S/C13H10N2O2/c1-15-12-4-2-9(6-10(12)7-14)13-5-3-11(8-16)17-13/h2-6,8,15H,1H3. The molecule has 4 nitrogen and oxygen atoms in total. The van der Waals surface area contributed by atoms with Crippen LogP contribution < -0.4 is 5.32 Å². The summed E-state index contributed by atoms with van der Waals surface area (Å²) in [5.41, 5.74) is 2.07.